The van der Waals surface area contributed by atoms with Gasteiger partial charge in [-0.1, -0.05) is 42.0 Å². The topological polar surface area (TPSA) is 49.3 Å². The van der Waals surface area contributed by atoms with Gasteiger partial charge in [0.1, 0.15) is 5.82 Å². The van der Waals surface area contributed by atoms with Gasteiger partial charge in [-0.05, 0) is 39.0 Å². The van der Waals surface area contributed by atoms with Crippen molar-refractivity contribution in [2.24, 2.45) is 0 Å². The average Bonchev–Trinajstić information content (AvgIpc) is 2.76. The number of nitrogens with zero attached hydrogens (tertiary/aromatic N) is 4. The van der Waals surface area contributed by atoms with Crippen molar-refractivity contribution in [1.29, 1.82) is 0 Å². The van der Waals surface area contributed by atoms with Crippen molar-refractivity contribution in [3.8, 4) is 11.4 Å². The number of amides is 1. The van der Waals surface area contributed by atoms with Crippen LogP contribution in [-0.2, 0) is 0 Å². The van der Waals surface area contributed by atoms with E-state index < -0.39 is 0 Å². The van der Waals surface area contributed by atoms with Gasteiger partial charge in [-0.2, -0.15) is 0 Å². The highest BCUT2D eigenvalue weighted by Crippen LogP contribution is 2.26. The number of aryl methyl sites for hydroxylation is 2. The molecule has 4 rings (SSSR count). The third kappa shape index (κ3) is 3.99. The summed E-state index contributed by atoms with van der Waals surface area (Å²) in [5.41, 5.74) is 5.07. The first-order valence-corrected chi connectivity index (χ1v) is 10.0. The minimum atomic E-state index is 0.0984. The van der Waals surface area contributed by atoms with Crippen molar-refractivity contribution in [1.82, 2.24) is 14.9 Å². The fraction of sp³-hybridized carbons (Fsp3) is 0.292. The molecule has 5 heteroatoms. The van der Waals surface area contributed by atoms with E-state index in [4.69, 9.17) is 9.97 Å². The van der Waals surface area contributed by atoms with Crippen LogP contribution < -0.4 is 4.90 Å². The van der Waals surface area contributed by atoms with Gasteiger partial charge in [0.05, 0.1) is 0 Å². The normalized spacial score (nSPS) is 14.2. The third-order valence-electron chi connectivity index (χ3n) is 5.53. The molecule has 0 N–H and O–H groups in total. The van der Waals surface area contributed by atoms with Gasteiger partial charge in [-0.15, -0.1) is 0 Å². The van der Waals surface area contributed by atoms with E-state index >= 15 is 0 Å². The number of anilines is 1. The predicted molar refractivity (Wildman–Crippen MR) is 116 cm³/mol. The first-order valence-electron chi connectivity index (χ1n) is 10.0. The Morgan fingerprint density at radius 1 is 0.862 bits per heavy atom. The molecule has 148 valence electrons. The number of carbonyl (C=O) groups is 1. The van der Waals surface area contributed by atoms with Crippen LogP contribution in [0.25, 0.3) is 11.4 Å². The number of piperazine rings is 1. The summed E-state index contributed by atoms with van der Waals surface area (Å²) >= 11 is 0. The minimum Gasteiger partial charge on any atom is -0.353 e. The Morgan fingerprint density at radius 3 is 2.28 bits per heavy atom. The van der Waals surface area contributed by atoms with Crippen LogP contribution in [0.4, 0.5) is 5.82 Å². The van der Waals surface area contributed by atoms with E-state index in [2.05, 4.69) is 36.9 Å². The smallest absolute Gasteiger partial charge is 0.253 e. The van der Waals surface area contributed by atoms with Gasteiger partial charge < -0.3 is 9.80 Å². The van der Waals surface area contributed by atoms with E-state index in [9.17, 15) is 4.79 Å². The molecule has 2 heterocycles. The number of hydrogen-bond donors (Lipinski definition) is 0. The number of carbonyl (C=O) groups excluding carboxylic acids is 1. The molecule has 0 saturated carbocycles. The molecule has 29 heavy (non-hydrogen) atoms. The van der Waals surface area contributed by atoms with Gasteiger partial charge in [0.25, 0.3) is 5.91 Å². The zero-order valence-corrected chi connectivity index (χ0v) is 17.2. The summed E-state index contributed by atoms with van der Waals surface area (Å²) in [6.45, 7) is 9.11. The number of hydrogen-bond acceptors (Lipinski definition) is 4. The summed E-state index contributed by atoms with van der Waals surface area (Å²) in [5, 5.41) is 0. The van der Waals surface area contributed by atoms with E-state index in [1.54, 1.807) is 0 Å². The fourth-order valence-electron chi connectivity index (χ4n) is 3.72. The van der Waals surface area contributed by atoms with E-state index in [1.807, 2.05) is 48.2 Å². The first-order chi connectivity index (χ1) is 14.0. The van der Waals surface area contributed by atoms with Crippen LogP contribution in [0.5, 0.6) is 0 Å². The molecule has 0 atom stereocenters. The van der Waals surface area contributed by atoms with Crippen molar-refractivity contribution in [3.05, 3.63) is 77.0 Å². The highest BCUT2D eigenvalue weighted by Gasteiger charge is 2.24. The van der Waals surface area contributed by atoms with Crippen LogP contribution in [0.3, 0.4) is 0 Å². The maximum atomic E-state index is 12.7. The monoisotopic (exact) mass is 386 g/mol. The fourth-order valence-corrected chi connectivity index (χ4v) is 3.72. The average molecular weight is 386 g/mol. The SMILES string of the molecule is Cc1cccc(-c2nc(C)c(C)c(N3CCN(C(=O)c4ccccc4)CC3)n2)c1. The number of aromatic nitrogens is 2. The Labute approximate surface area is 172 Å². The van der Waals surface area contributed by atoms with Crippen molar-refractivity contribution < 1.29 is 4.79 Å². The lowest BCUT2D eigenvalue weighted by molar-refractivity contribution is 0.0746. The second kappa shape index (κ2) is 8.03. The molecule has 1 saturated heterocycles. The molecule has 0 bridgehead atoms. The molecule has 0 unspecified atom stereocenters. The lowest BCUT2D eigenvalue weighted by Gasteiger charge is -2.36. The van der Waals surface area contributed by atoms with Crippen LogP contribution in [0.15, 0.2) is 54.6 Å². The molecule has 3 aromatic rings. The van der Waals surface area contributed by atoms with Gasteiger partial charge in [0.15, 0.2) is 5.82 Å². The Hall–Kier alpha value is -3.21. The summed E-state index contributed by atoms with van der Waals surface area (Å²) in [6.07, 6.45) is 0. The quantitative estimate of drug-likeness (QED) is 0.682. The van der Waals surface area contributed by atoms with Gasteiger partial charge in [0.2, 0.25) is 0 Å². The molecule has 1 amide bonds. The lowest BCUT2D eigenvalue weighted by Crippen LogP contribution is -2.49. The van der Waals surface area contributed by atoms with Gasteiger partial charge in [-0.25, -0.2) is 9.97 Å². The summed E-state index contributed by atoms with van der Waals surface area (Å²) in [6, 6.07) is 17.8. The van der Waals surface area contributed by atoms with Gasteiger partial charge in [0, 0.05) is 48.6 Å². The van der Waals surface area contributed by atoms with Crippen LogP contribution in [0, 0.1) is 20.8 Å². The molecule has 5 nitrogen and oxygen atoms in total. The minimum absolute atomic E-state index is 0.0984. The van der Waals surface area contributed by atoms with Crippen LogP contribution >= 0.6 is 0 Å². The van der Waals surface area contributed by atoms with Crippen LogP contribution in [0.2, 0.25) is 0 Å². The largest absolute Gasteiger partial charge is 0.353 e. The second-order valence-corrected chi connectivity index (χ2v) is 7.60. The van der Waals surface area contributed by atoms with E-state index in [-0.39, 0.29) is 5.91 Å². The van der Waals surface area contributed by atoms with E-state index in [0.29, 0.717) is 13.1 Å². The molecular weight excluding hydrogens is 360 g/mol. The highest BCUT2D eigenvalue weighted by molar-refractivity contribution is 5.94. The molecule has 1 aliphatic heterocycles. The molecule has 2 aromatic carbocycles. The molecular formula is C24H26N4O. The van der Waals surface area contributed by atoms with Crippen molar-refractivity contribution in [2.45, 2.75) is 20.8 Å². The Morgan fingerprint density at radius 2 is 1.59 bits per heavy atom. The number of rotatable bonds is 3. The molecule has 1 aromatic heterocycles. The summed E-state index contributed by atoms with van der Waals surface area (Å²) in [4.78, 5) is 26.5. The Balaban J connectivity index is 1.54. The van der Waals surface area contributed by atoms with Gasteiger partial charge in [-0.3, -0.25) is 4.79 Å². The summed E-state index contributed by atoms with van der Waals surface area (Å²) in [5.74, 6) is 1.83. The summed E-state index contributed by atoms with van der Waals surface area (Å²) in [7, 11) is 0. The molecule has 1 aliphatic rings. The molecule has 0 aliphatic carbocycles. The third-order valence-corrected chi connectivity index (χ3v) is 5.53. The van der Waals surface area contributed by atoms with Crippen LogP contribution in [0.1, 0.15) is 27.2 Å². The first kappa shape index (κ1) is 19.1. The zero-order chi connectivity index (χ0) is 20.4. The number of benzene rings is 2. The zero-order valence-electron chi connectivity index (χ0n) is 17.2. The second-order valence-electron chi connectivity index (χ2n) is 7.60. The summed E-state index contributed by atoms with van der Waals surface area (Å²) < 4.78 is 0. The molecule has 0 radical (unpaired) electrons. The van der Waals surface area contributed by atoms with Gasteiger partial charge >= 0.3 is 0 Å². The van der Waals surface area contributed by atoms with Crippen molar-refractivity contribution >= 4 is 11.7 Å². The van der Waals surface area contributed by atoms with Crippen LogP contribution in [-0.4, -0.2) is 47.0 Å². The van der Waals surface area contributed by atoms with E-state index in [1.165, 1.54) is 5.56 Å². The molecule has 0 spiro atoms. The lowest BCUT2D eigenvalue weighted by atomic mass is 10.1. The Bertz CT molecular complexity index is 1020. The van der Waals surface area contributed by atoms with E-state index in [0.717, 1.165) is 47.1 Å². The highest BCUT2D eigenvalue weighted by atomic mass is 16.2. The maximum absolute atomic E-state index is 12.7. The standard InChI is InChI=1S/C24H26N4O/c1-17-8-7-11-21(16-17)22-25-19(3)18(2)23(26-22)27-12-14-28(15-13-27)24(29)20-9-5-4-6-10-20/h4-11,16H,12-15H2,1-3H3. The Kier molecular flexibility index (Phi) is 5.30. The molecule has 1 fully saturated rings. The maximum Gasteiger partial charge on any atom is 0.253 e. The van der Waals surface area contributed by atoms with Crippen molar-refractivity contribution in [2.75, 3.05) is 31.1 Å². The predicted octanol–water partition coefficient (Wildman–Crippen LogP) is 4.03. The van der Waals surface area contributed by atoms with Crippen molar-refractivity contribution in [3.63, 3.8) is 0 Å².